The highest BCUT2D eigenvalue weighted by molar-refractivity contribution is 7.89. The molecule has 10 nitrogen and oxygen atoms in total. The Balaban J connectivity index is 1.14. The first-order valence-electron chi connectivity index (χ1n) is 13.8. The monoisotopic (exact) mass is 607 g/mol. The Bertz CT molecular complexity index is 1410. The van der Waals surface area contributed by atoms with E-state index in [2.05, 4.69) is 32.4 Å². The molecule has 4 heterocycles. The lowest BCUT2D eigenvalue weighted by atomic mass is 9.92. The number of thiazole rings is 1. The van der Waals surface area contributed by atoms with Crippen molar-refractivity contribution in [1.82, 2.24) is 24.5 Å². The van der Waals surface area contributed by atoms with Gasteiger partial charge in [-0.05, 0) is 44.1 Å². The van der Waals surface area contributed by atoms with Gasteiger partial charge >= 0.3 is 0 Å². The first-order valence-corrected chi connectivity index (χ1v) is 16.0. The summed E-state index contributed by atoms with van der Waals surface area (Å²) in [5, 5.41) is 6.98. The molecule has 2 unspecified atom stereocenters. The van der Waals surface area contributed by atoms with E-state index >= 15 is 0 Å². The number of allylic oxidation sites excluding steroid dienone is 4. The Morgan fingerprint density at radius 3 is 2.73 bits per heavy atom. The van der Waals surface area contributed by atoms with Crippen LogP contribution >= 0.6 is 11.3 Å². The second-order valence-electron chi connectivity index (χ2n) is 10.7. The van der Waals surface area contributed by atoms with E-state index in [1.807, 2.05) is 0 Å². The van der Waals surface area contributed by atoms with Gasteiger partial charge in [0, 0.05) is 69.7 Å². The number of halogens is 2. The van der Waals surface area contributed by atoms with Crippen molar-refractivity contribution in [2.45, 2.75) is 49.3 Å². The van der Waals surface area contributed by atoms with Crippen LogP contribution in [0.3, 0.4) is 0 Å². The van der Waals surface area contributed by atoms with E-state index in [-0.39, 0.29) is 21.6 Å². The Labute approximate surface area is 242 Å². The molecule has 0 amide bonds. The van der Waals surface area contributed by atoms with Crippen molar-refractivity contribution in [3.63, 3.8) is 0 Å². The molecular formula is C27H35F2N7O3S2. The maximum Gasteiger partial charge on any atom is 0.244 e. The molecule has 41 heavy (non-hydrogen) atoms. The van der Waals surface area contributed by atoms with Gasteiger partial charge in [-0.1, -0.05) is 17.4 Å². The van der Waals surface area contributed by atoms with E-state index < -0.39 is 33.7 Å². The zero-order valence-electron chi connectivity index (χ0n) is 22.8. The minimum absolute atomic E-state index is 0.00236. The fourth-order valence-corrected chi connectivity index (χ4v) is 7.72. The van der Waals surface area contributed by atoms with Gasteiger partial charge in [-0.25, -0.2) is 22.2 Å². The molecule has 2 fully saturated rings. The summed E-state index contributed by atoms with van der Waals surface area (Å²) in [4.78, 5) is 24.0. The molecule has 0 radical (unpaired) electrons. The number of nitrogens with one attached hydrogen (secondary N) is 2. The van der Waals surface area contributed by atoms with Gasteiger partial charge in [0.15, 0.2) is 10.9 Å². The minimum Gasteiger partial charge on any atom is -0.382 e. The van der Waals surface area contributed by atoms with Crippen LogP contribution in [0.15, 0.2) is 47.3 Å². The summed E-state index contributed by atoms with van der Waals surface area (Å²) in [5.41, 5.74) is 6.78. The molecule has 1 aliphatic carbocycles. The molecule has 0 spiro atoms. The van der Waals surface area contributed by atoms with Gasteiger partial charge in [0.25, 0.3) is 0 Å². The molecule has 4 N–H and O–H groups in total. The third-order valence-electron chi connectivity index (χ3n) is 7.68. The number of rotatable bonds is 9. The summed E-state index contributed by atoms with van der Waals surface area (Å²) in [6.45, 7) is 6.58. The summed E-state index contributed by atoms with van der Waals surface area (Å²) in [6.07, 6.45) is 4.87. The van der Waals surface area contributed by atoms with E-state index in [1.54, 1.807) is 12.1 Å². The number of carbonyl (C=O) groups excluding carboxylic acids is 1. The van der Waals surface area contributed by atoms with Crippen molar-refractivity contribution in [3.05, 3.63) is 53.0 Å². The van der Waals surface area contributed by atoms with Crippen LogP contribution < -0.4 is 16.4 Å². The molecule has 2 aliphatic heterocycles. The molecule has 0 aromatic carbocycles. The number of sulfonamides is 1. The lowest BCUT2D eigenvalue weighted by Gasteiger charge is -2.32. The van der Waals surface area contributed by atoms with Crippen LogP contribution in [-0.4, -0.2) is 90.9 Å². The molecule has 5 rings (SSSR count). The quantitative estimate of drug-likeness (QED) is 0.368. The maximum absolute atomic E-state index is 14.2. The van der Waals surface area contributed by atoms with Gasteiger partial charge < -0.3 is 21.3 Å². The summed E-state index contributed by atoms with van der Waals surface area (Å²) < 4.78 is 56.3. The summed E-state index contributed by atoms with van der Waals surface area (Å²) in [7, 11) is -3.69. The number of hydrogen-bond donors (Lipinski definition) is 3. The highest BCUT2D eigenvalue weighted by Crippen LogP contribution is 2.34. The number of alkyl halides is 1. The highest BCUT2D eigenvalue weighted by atomic mass is 32.2. The van der Waals surface area contributed by atoms with Crippen LogP contribution in [0.1, 0.15) is 35.1 Å². The standard InChI is InChI=1S/C27H35F2N7O3S2/c1-17-16-35(14-10-31-17)11-7-18-5-6-20(15-32-18)41(38,39)36-12-8-19(9-13-36)33-27-34-26(30)25(40-27)24(37)23-21(28)3-2-4-22(23)29/h2-6,15,17,19,21,23,31H,7-14,16,30H2,1H3,(H,33,34)/t17-,21?,23?/m0/s1. The molecule has 222 valence electrons. The van der Waals surface area contributed by atoms with Crippen molar-refractivity contribution < 1.29 is 22.0 Å². The predicted octanol–water partition coefficient (Wildman–Crippen LogP) is 2.78. The van der Waals surface area contributed by atoms with Gasteiger partial charge in [-0.2, -0.15) is 4.31 Å². The number of hydrogen-bond acceptors (Lipinski definition) is 10. The Kier molecular flexibility index (Phi) is 9.14. The fraction of sp³-hybridized carbons (Fsp3) is 0.519. The number of Topliss-reactive ketones (excluding diaryl/α,β-unsaturated/α-hetero) is 1. The molecule has 2 aromatic heterocycles. The number of piperidine rings is 1. The number of nitrogens with two attached hydrogens (primary N) is 1. The van der Waals surface area contributed by atoms with E-state index in [0.29, 0.717) is 37.1 Å². The fourth-order valence-electron chi connectivity index (χ4n) is 5.37. The van der Waals surface area contributed by atoms with Crippen LogP contribution in [0, 0.1) is 5.92 Å². The smallest absolute Gasteiger partial charge is 0.244 e. The molecule has 3 atom stereocenters. The number of anilines is 2. The molecule has 0 saturated carbocycles. The first-order chi connectivity index (χ1) is 19.6. The van der Waals surface area contributed by atoms with Crippen LogP contribution in [-0.2, 0) is 16.4 Å². The largest absolute Gasteiger partial charge is 0.382 e. The van der Waals surface area contributed by atoms with Crippen molar-refractivity contribution >= 4 is 38.1 Å². The van der Waals surface area contributed by atoms with Crippen LogP contribution in [0.5, 0.6) is 0 Å². The number of carbonyl (C=O) groups is 1. The number of nitrogens with zero attached hydrogens (tertiary/aromatic N) is 4. The van der Waals surface area contributed by atoms with Crippen molar-refractivity contribution in [2.75, 3.05) is 50.3 Å². The summed E-state index contributed by atoms with van der Waals surface area (Å²) in [5.74, 6) is -3.26. The average molecular weight is 608 g/mol. The topological polar surface area (TPSA) is 134 Å². The number of nitrogen functional groups attached to an aromatic ring is 1. The Morgan fingerprint density at radius 1 is 1.27 bits per heavy atom. The maximum atomic E-state index is 14.2. The number of ketones is 1. The lowest BCUT2D eigenvalue weighted by molar-refractivity contribution is 0.0883. The van der Waals surface area contributed by atoms with Crippen molar-refractivity contribution in [2.24, 2.45) is 5.92 Å². The molecule has 3 aliphatic rings. The van der Waals surface area contributed by atoms with Crippen LogP contribution in [0.4, 0.5) is 19.7 Å². The molecule has 2 saturated heterocycles. The van der Waals surface area contributed by atoms with Gasteiger partial charge in [0.1, 0.15) is 33.5 Å². The SMILES string of the molecule is C[C@H]1CN(CCc2ccc(S(=O)(=O)N3CCC(Nc4nc(N)c(C(=O)C5C(F)=CC=CC5F)s4)CC3)cn2)CCN1. The van der Waals surface area contributed by atoms with Gasteiger partial charge in [-0.3, -0.25) is 9.78 Å². The van der Waals surface area contributed by atoms with Gasteiger partial charge in [-0.15, -0.1) is 0 Å². The zero-order valence-corrected chi connectivity index (χ0v) is 24.4. The normalized spacial score (nSPS) is 24.8. The van der Waals surface area contributed by atoms with Gasteiger partial charge in [0.2, 0.25) is 10.0 Å². The average Bonchev–Trinajstić information content (AvgIpc) is 3.32. The second-order valence-corrected chi connectivity index (χ2v) is 13.6. The van der Waals surface area contributed by atoms with Crippen LogP contribution in [0.2, 0.25) is 0 Å². The summed E-state index contributed by atoms with van der Waals surface area (Å²) in [6, 6.07) is 3.77. The Morgan fingerprint density at radius 2 is 2.05 bits per heavy atom. The van der Waals surface area contributed by atoms with Crippen molar-refractivity contribution in [1.29, 1.82) is 0 Å². The summed E-state index contributed by atoms with van der Waals surface area (Å²) >= 11 is 0.949. The molecule has 14 heteroatoms. The van der Waals surface area contributed by atoms with E-state index in [0.717, 1.165) is 61.8 Å². The van der Waals surface area contributed by atoms with Crippen LogP contribution in [0.25, 0.3) is 0 Å². The van der Waals surface area contributed by atoms with E-state index in [4.69, 9.17) is 5.73 Å². The molecular weight excluding hydrogens is 572 g/mol. The third kappa shape index (κ3) is 6.83. The number of aromatic nitrogens is 2. The minimum atomic E-state index is -3.69. The highest BCUT2D eigenvalue weighted by Gasteiger charge is 2.36. The lowest BCUT2D eigenvalue weighted by Crippen LogP contribution is -2.49. The zero-order chi connectivity index (χ0) is 29.1. The third-order valence-corrected chi connectivity index (χ3v) is 10.6. The van der Waals surface area contributed by atoms with Gasteiger partial charge in [0.05, 0.1) is 0 Å². The number of piperazine rings is 1. The number of pyridine rings is 1. The van der Waals surface area contributed by atoms with E-state index in [9.17, 15) is 22.0 Å². The van der Waals surface area contributed by atoms with E-state index in [1.165, 1.54) is 16.6 Å². The first kappa shape index (κ1) is 29.7. The Hall–Kier alpha value is -2.78. The molecule has 0 bridgehead atoms. The second kappa shape index (κ2) is 12.6. The van der Waals surface area contributed by atoms with Crippen molar-refractivity contribution in [3.8, 4) is 0 Å². The predicted molar refractivity (Wildman–Crippen MR) is 155 cm³/mol. The molecule has 2 aromatic rings.